The molecule has 0 spiro atoms. The highest BCUT2D eigenvalue weighted by molar-refractivity contribution is 5.48. The van der Waals surface area contributed by atoms with E-state index in [9.17, 15) is 0 Å². The van der Waals surface area contributed by atoms with Crippen LogP contribution in [0.4, 0.5) is 5.82 Å². The van der Waals surface area contributed by atoms with Crippen molar-refractivity contribution in [3.8, 4) is 5.88 Å². The molecule has 0 saturated heterocycles. The third kappa shape index (κ3) is 3.82. The average molecular weight is 327 g/mol. The van der Waals surface area contributed by atoms with Gasteiger partial charge in [0.2, 0.25) is 5.88 Å². The van der Waals surface area contributed by atoms with E-state index < -0.39 is 0 Å². The van der Waals surface area contributed by atoms with Gasteiger partial charge in [-0.25, -0.2) is 15.0 Å². The second-order valence-electron chi connectivity index (χ2n) is 5.77. The summed E-state index contributed by atoms with van der Waals surface area (Å²) in [6.07, 6.45) is 4.50. The summed E-state index contributed by atoms with van der Waals surface area (Å²) in [5.41, 5.74) is 3.45. The molecule has 0 aliphatic carbocycles. The van der Waals surface area contributed by atoms with Gasteiger partial charge in [-0.05, 0) is 26.0 Å². The predicted molar refractivity (Wildman–Crippen MR) is 94.4 cm³/mol. The van der Waals surface area contributed by atoms with Gasteiger partial charge in [-0.15, -0.1) is 0 Å². The van der Waals surface area contributed by atoms with Crippen molar-refractivity contribution in [1.82, 2.24) is 20.3 Å². The first-order valence-electron chi connectivity index (χ1n) is 8.71. The molecule has 0 amide bonds. The number of nitrogens with one attached hydrogen (secondary N) is 2. The molecule has 2 N–H and O–H groups in total. The van der Waals surface area contributed by atoms with E-state index in [0.717, 1.165) is 49.6 Å². The Morgan fingerprint density at radius 2 is 2.08 bits per heavy atom. The summed E-state index contributed by atoms with van der Waals surface area (Å²) in [5, 5.41) is 6.92. The van der Waals surface area contributed by atoms with Crippen LogP contribution in [0.1, 0.15) is 36.5 Å². The molecule has 128 valence electrons. The fourth-order valence-corrected chi connectivity index (χ4v) is 2.90. The maximum absolute atomic E-state index is 5.61. The van der Waals surface area contributed by atoms with Crippen LogP contribution in [0.15, 0.2) is 18.3 Å². The third-order valence-electron chi connectivity index (χ3n) is 4.12. The van der Waals surface area contributed by atoms with E-state index in [-0.39, 0.29) is 0 Å². The van der Waals surface area contributed by atoms with E-state index in [4.69, 9.17) is 14.7 Å². The van der Waals surface area contributed by atoms with Crippen LogP contribution in [0.25, 0.3) is 0 Å². The Labute approximate surface area is 143 Å². The Hall–Kier alpha value is -2.21. The van der Waals surface area contributed by atoms with Crippen molar-refractivity contribution in [1.29, 1.82) is 0 Å². The fraction of sp³-hybridized carbons (Fsp3) is 0.500. The van der Waals surface area contributed by atoms with Crippen molar-refractivity contribution in [2.75, 3.05) is 25.0 Å². The highest BCUT2D eigenvalue weighted by atomic mass is 16.5. The van der Waals surface area contributed by atoms with E-state index in [1.54, 1.807) is 6.20 Å². The minimum atomic E-state index is 0.610. The van der Waals surface area contributed by atoms with Gasteiger partial charge in [0.1, 0.15) is 11.6 Å². The molecule has 2 aromatic heterocycles. The maximum Gasteiger partial charge on any atom is 0.218 e. The lowest BCUT2D eigenvalue weighted by atomic mass is 10.1. The first-order chi connectivity index (χ1) is 11.8. The summed E-state index contributed by atoms with van der Waals surface area (Å²) < 4.78 is 5.61. The molecule has 0 saturated carbocycles. The van der Waals surface area contributed by atoms with Gasteiger partial charge in [-0.2, -0.15) is 0 Å². The van der Waals surface area contributed by atoms with E-state index >= 15 is 0 Å². The first-order valence-corrected chi connectivity index (χ1v) is 8.71. The number of hydrogen-bond donors (Lipinski definition) is 2. The van der Waals surface area contributed by atoms with Gasteiger partial charge in [0.15, 0.2) is 0 Å². The van der Waals surface area contributed by atoms with Crippen LogP contribution in [-0.2, 0) is 25.8 Å². The van der Waals surface area contributed by atoms with Crippen LogP contribution in [0.2, 0.25) is 0 Å². The molecule has 2 aromatic rings. The molecular weight excluding hydrogens is 302 g/mol. The lowest BCUT2D eigenvalue weighted by Gasteiger charge is -2.15. The lowest BCUT2D eigenvalue weighted by Crippen LogP contribution is -2.16. The maximum atomic E-state index is 5.61. The number of rotatable bonds is 6. The van der Waals surface area contributed by atoms with Crippen molar-refractivity contribution in [2.24, 2.45) is 0 Å². The number of aromatic nitrogens is 3. The third-order valence-corrected chi connectivity index (χ3v) is 4.12. The predicted octanol–water partition coefficient (Wildman–Crippen LogP) is 2.13. The average Bonchev–Trinajstić information content (AvgIpc) is 2.86. The molecule has 0 unspecified atom stereocenters. The van der Waals surface area contributed by atoms with Crippen LogP contribution < -0.4 is 15.4 Å². The lowest BCUT2D eigenvalue weighted by molar-refractivity contribution is 0.323. The summed E-state index contributed by atoms with van der Waals surface area (Å²) in [6, 6.07) is 3.97. The number of fused-ring (bicyclic) bond motifs is 1. The van der Waals surface area contributed by atoms with Gasteiger partial charge >= 0.3 is 0 Å². The Morgan fingerprint density at radius 1 is 1.21 bits per heavy atom. The number of anilines is 1. The molecule has 0 fully saturated rings. The number of nitrogens with zero attached hydrogens (tertiary/aromatic N) is 3. The standard InChI is InChI=1S/C18H25N5O/c1-3-16-22-15-8-11-19-10-7-14(15)17(23-16)21-12-13-6-5-9-20-18(13)24-4-2/h5-6,9,19H,3-4,7-8,10-12H2,1-2H3,(H,21,22,23). The molecule has 6 nitrogen and oxygen atoms in total. The highest BCUT2D eigenvalue weighted by Crippen LogP contribution is 2.22. The van der Waals surface area contributed by atoms with E-state index in [1.165, 1.54) is 11.3 Å². The molecule has 0 radical (unpaired) electrons. The van der Waals surface area contributed by atoms with Crippen molar-refractivity contribution >= 4 is 5.82 Å². The number of pyridine rings is 1. The van der Waals surface area contributed by atoms with Crippen molar-refractivity contribution in [3.05, 3.63) is 41.0 Å². The molecule has 24 heavy (non-hydrogen) atoms. The number of hydrogen-bond acceptors (Lipinski definition) is 6. The Kier molecular flexibility index (Phi) is 5.59. The highest BCUT2D eigenvalue weighted by Gasteiger charge is 2.16. The molecule has 0 atom stereocenters. The molecule has 1 aliphatic heterocycles. The largest absolute Gasteiger partial charge is 0.478 e. The van der Waals surface area contributed by atoms with Crippen LogP contribution in [0.5, 0.6) is 5.88 Å². The Balaban J connectivity index is 1.84. The van der Waals surface area contributed by atoms with Crippen molar-refractivity contribution in [2.45, 2.75) is 39.7 Å². The zero-order valence-electron chi connectivity index (χ0n) is 14.4. The smallest absolute Gasteiger partial charge is 0.218 e. The first kappa shape index (κ1) is 16.6. The summed E-state index contributed by atoms with van der Waals surface area (Å²) >= 11 is 0. The monoisotopic (exact) mass is 327 g/mol. The molecular formula is C18H25N5O. The van der Waals surface area contributed by atoms with Crippen LogP contribution in [-0.4, -0.2) is 34.6 Å². The Morgan fingerprint density at radius 3 is 2.92 bits per heavy atom. The summed E-state index contributed by atoms with van der Waals surface area (Å²) in [5.74, 6) is 2.53. The van der Waals surface area contributed by atoms with Crippen molar-refractivity contribution in [3.63, 3.8) is 0 Å². The fourth-order valence-electron chi connectivity index (χ4n) is 2.90. The van der Waals surface area contributed by atoms with Crippen LogP contribution in [0.3, 0.4) is 0 Å². The van der Waals surface area contributed by atoms with E-state index in [1.807, 2.05) is 19.1 Å². The second-order valence-corrected chi connectivity index (χ2v) is 5.77. The van der Waals surface area contributed by atoms with Gasteiger partial charge in [-0.1, -0.05) is 13.0 Å². The SMILES string of the molecule is CCOc1ncccc1CNc1nc(CC)nc2c1CCNCC2. The summed E-state index contributed by atoms with van der Waals surface area (Å²) in [6.45, 7) is 7.25. The molecule has 0 aromatic carbocycles. The van der Waals surface area contributed by atoms with Gasteiger partial charge in [-0.3, -0.25) is 0 Å². The zero-order chi connectivity index (χ0) is 16.8. The second kappa shape index (κ2) is 8.06. The minimum Gasteiger partial charge on any atom is -0.478 e. The van der Waals surface area contributed by atoms with Crippen molar-refractivity contribution < 1.29 is 4.74 Å². The molecule has 3 heterocycles. The van der Waals surface area contributed by atoms with E-state index in [2.05, 4.69) is 22.5 Å². The van der Waals surface area contributed by atoms with Crippen LogP contribution >= 0.6 is 0 Å². The summed E-state index contributed by atoms with van der Waals surface area (Å²) in [4.78, 5) is 13.8. The van der Waals surface area contributed by atoms with Gasteiger partial charge < -0.3 is 15.4 Å². The summed E-state index contributed by atoms with van der Waals surface area (Å²) in [7, 11) is 0. The molecule has 6 heteroatoms. The number of ether oxygens (including phenoxy) is 1. The molecule has 3 rings (SSSR count). The molecule has 1 aliphatic rings. The van der Waals surface area contributed by atoms with Gasteiger partial charge in [0, 0.05) is 43.3 Å². The number of aryl methyl sites for hydroxylation is 1. The van der Waals surface area contributed by atoms with Gasteiger partial charge in [0.05, 0.1) is 12.3 Å². The zero-order valence-corrected chi connectivity index (χ0v) is 14.4. The Bertz CT molecular complexity index is 689. The normalized spacial score (nSPS) is 13.9. The topological polar surface area (TPSA) is 72.0 Å². The van der Waals surface area contributed by atoms with Crippen LogP contribution in [0, 0.1) is 0 Å². The van der Waals surface area contributed by atoms with Gasteiger partial charge in [0.25, 0.3) is 0 Å². The minimum absolute atomic E-state index is 0.610. The van der Waals surface area contributed by atoms with E-state index in [0.29, 0.717) is 19.0 Å². The molecule has 0 bridgehead atoms. The quantitative estimate of drug-likeness (QED) is 0.847.